The molecule has 55 heavy (non-hydrogen) atoms. The van der Waals surface area contributed by atoms with Crippen LogP contribution in [0.25, 0.3) is 22.0 Å². The van der Waals surface area contributed by atoms with Gasteiger partial charge in [-0.2, -0.15) is 0 Å². The highest BCUT2D eigenvalue weighted by atomic mass is 19.1. The molecule has 11 nitrogen and oxygen atoms in total. The lowest BCUT2D eigenvalue weighted by Gasteiger charge is -2.30. The molecule has 0 saturated carbocycles. The summed E-state index contributed by atoms with van der Waals surface area (Å²) in [5, 5.41) is 27.3. The highest BCUT2D eigenvalue weighted by Crippen LogP contribution is 2.30. The van der Waals surface area contributed by atoms with E-state index in [9.17, 15) is 24.2 Å². The number of carbonyl (C=O) groups excluding carboxylic acids is 2. The number of aliphatic hydroxyl groups excluding tert-OH is 2. The molecule has 0 bridgehead atoms. The summed E-state index contributed by atoms with van der Waals surface area (Å²) in [4.78, 5) is 34.1. The van der Waals surface area contributed by atoms with Gasteiger partial charge >= 0.3 is 0 Å². The molecule has 286 valence electrons. The average Bonchev–Trinajstić information content (AvgIpc) is 3.20. The smallest absolute Gasteiger partial charge is 0.258 e. The number of hydrogen-bond acceptors (Lipinski definition) is 9. The Labute approximate surface area is 319 Å². The van der Waals surface area contributed by atoms with Gasteiger partial charge in [0.1, 0.15) is 22.8 Å². The van der Waals surface area contributed by atoms with E-state index >= 15 is 0 Å². The quantitative estimate of drug-likeness (QED) is 0.126. The highest BCUT2D eigenvalue weighted by Gasteiger charge is 2.21. The van der Waals surface area contributed by atoms with Gasteiger partial charge in [0.15, 0.2) is 13.2 Å². The predicted octanol–water partition coefficient (Wildman–Crippen LogP) is 3.87. The molecule has 4 aromatic carbocycles. The van der Waals surface area contributed by atoms with Crippen molar-refractivity contribution in [2.75, 3.05) is 52.5 Å². The molecule has 7 rings (SSSR count). The third-order valence-corrected chi connectivity index (χ3v) is 10.0. The Balaban J connectivity index is 0.869. The van der Waals surface area contributed by atoms with Gasteiger partial charge < -0.3 is 30.3 Å². The number of amides is 2. The van der Waals surface area contributed by atoms with Crippen molar-refractivity contribution in [2.45, 2.75) is 38.1 Å². The van der Waals surface area contributed by atoms with Crippen LogP contribution in [0.3, 0.4) is 0 Å². The van der Waals surface area contributed by atoms with E-state index in [0.717, 1.165) is 39.0 Å². The average molecular weight is 748 g/mol. The van der Waals surface area contributed by atoms with Gasteiger partial charge in [-0.05, 0) is 64.9 Å². The number of nitrogens with zero attached hydrogens (tertiary/aromatic N) is 3. The maximum Gasteiger partial charge on any atom is 0.258 e. The van der Waals surface area contributed by atoms with Crippen molar-refractivity contribution < 1.29 is 33.7 Å². The topological polar surface area (TPSA) is 136 Å². The Morgan fingerprint density at radius 1 is 0.709 bits per heavy atom. The minimum atomic E-state index is -0.744. The summed E-state index contributed by atoms with van der Waals surface area (Å²) >= 11 is 0. The van der Waals surface area contributed by atoms with E-state index in [1.807, 2.05) is 36.4 Å². The molecule has 3 heterocycles. The molecular weight excluding hydrogens is 701 g/mol. The molecule has 2 unspecified atom stereocenters. The minimum Gasteiger partial charge on any atom is -0.484 e. The molecule has 5 aromatic rings. The van der Waals surface area contributed by atoms with Crippen molar-refractivity contribution in [3.8, 4) is 22.6 Å². The number of benzene rings is 4. The first-order valence-corrected chi connectivity index (χ1v) is 18.7. The molecule has 0 spiro atoms. The zero-order chi connectivity index (χ0) is 38.1. The van der Waals surface area contributed by atoms with E-state index in [-0.39, 0.29) is 38.0 Å². The number of β-amino-alcohol motifs (C(OH)–C–C–N with tert-alkyl or cyclic N) is 2. The zero-order valence-corrected chi connectivity index (χ0v) is 30.6. The second kappa shape index (κ2) is 17.8. The monoisotopic (exact) mass is 747 g/mol. The normalized spacial score (nSPS) is 15.4. The number of aliphatic hydroxyl groups is 2. The number of para-hydroxylation sites is 1. The number of ether oxygens (including phenoxy) is 2. The van der Waals surface area contributed by atoms with Crippen molar-refractivity contribution in [3.63, 3.8) is 0 Å². The van der Waals surface area contributed by atoms with Gasteiger partial charge in [0.05, 0.1) is 12.2 Å². The Hall–Kier alpha value is -5.40. The molecule has 4 N–H and O–H groups in total. The van der Waals surface area contributed by atoms with Crippen LogP contribution in [0.4, 0.5) is 4.39 Å². The molecule has 1 aromatic heterocycles. The summed E-state index contributed by atoms with van der Waals surface area (Å²) < 4.78 is 26.2. The Morgan fingerprint density at radius 3 is 1.91 bits per heavy atom. The van der Waals surface area contributed by atoms with Crippen LogP contribution in [0.2, 0.25) is 0 Å². The number of nitrogens with one attached hydrogen (secondary N) is 2. The van der Waals surface area contributed by atoms with Gasteiger partial charge in [0.25, 0.3) is 11.8 Å². The fraction of sp³-hybridized carbons (Fsp3) is 0.326. The second-order valence-electron chi connectivity index (χ2n) is 14.2. The SMILES string of the molecule is O=C(COc1cc(F)cc(-c2cnc3c(OCC(=O)NCC(O)CN4CCc5ccccc5C4)cccc3c2)c1)NCC(O)CN1CCc2ccccc2C1. The van der Waals surface area contributed by atoms with Crippen molar-refractivity contribution in [1.82, 2.24) is 25.4 Å². The van der Waals surface area contributed by atoms with Crippen LogP contribution in [0, 0.1) is 5.82 Å². The molecule has 2 amide bonds. The Kier molecular flexibility index (Phi) is 12.3. The van der Waals surface area contributed by atoms with Crippen molar-refractivity contribution in [1.29, 1.82) is 0 Å². The van der Waals surface area contributed by atoms with Crippen molar-refractivity contribution in [2.24, 2.45) is 0 Å². The third kappa shape index (κ3) is 10.2. The lowest BCUT2D eigenvalue weighted by molar-refractivity contribution is -0.124. The molecule has 0 saturated heterocycles. The fourth-order valence-corrected chi connectivity index (χ4v) is 7.22. The molecule has 0 fully saturated rings. The van der Waals surface area contributed by atoms with Crippen LogP contribution < -0.4 is 20.1 Å². The second-order valence-corrected chi connectivity index (χ2v) is 14.2. The van der Waals surface area contributed by atoms with E-state index in [2.05, 4.69) is 49.7 Å². The number of aromatic nitrogens is 1. The van der Waals surface area contributed by atoms with E-state index in [1.165, 1.54) is 34.4 Å². The zero-order valence-electron chi connectivity index (χ0n) is 30.6. The number of hydrogen-bond donors (Lipinski definition) is 4. The Bertz CT molecular complexity index is 2130. The van der Waals surface area contributed by atoms with Gasteiger partial charge in [0, 0.05) is 75.6 Å². The van der Waals surface area contributed by atoms with E-state index in [4.69, 9.17) is 9.47 Å². The number of halogens is 1. The van der Waals surface area contributed by atoms with Crippen LogP contribution in [-0.4, -0.2) is 102 Å². The lowest BCUT2D eigenvalue weighted by Crippen LogP contribution is -2.42. The largest absolute Gasteiger partial charge is 0.484 e. The van der Waals surface area contributed by atoms with Gasteiger partial charge in [-0.1, -0.05) is 60.7 Å². The maximum absolute atomic E-state index is 14.7. The predicted molar refractivity (Wildman–Crippen MR) is 207 cm³/mol. The molecular formula is C43H46FN5O6. The molecule has 2 atom stereocenters. The molecule has 0 aliphatic carbocycles. The van der Waals surface area contributed by atoms with E-state index < -0.39 is 23.9 Å². The first kappa shape index (κ1) is 37.9. The third-order valence-electron chi connectivity index (χ3n) is 10.0. The van der Waals surface area contributed by atoms with Crippen LogP contribution in [0.15, 0.2) is 97.2 Å². The summed E-state index contributed by atoms with van der Waals surface area (Å²) in [6.07, 6.45) is 1.98. The summed E-state index contributed by atoms with van der Waals surface area (Å²) in [6.45, 7) is 3.72. The minimum absolute atomic E-state index is 0.0754. The van der Waals surface area contributed by atoms with Crippen LogP contribution >= 0.6 is 0 Å². The maximum atomic E-state index is 14.7. The summed E-state index contributed by atoms with van der Waals surface area (Å²) in [6, 6.07) is 28.0. The lowest BCUT2D eigenvalue weighted by atomic mass is 10.00. The van der Waals surface area contributed by atoms with Gasteiger partial charge in [-0.15, -0.1) is 0 Å². The first-order chi connectivity index (χ1) is 26.8. The summed E-state index contributed by atoms with van der Waals surface area (Å²) in [7, 11) is 0. The van der Waals surface area contributed by atoms with Crippen LogP contribution in [0.1, 0.15) is 22.3 Å². The first-order valence-electron chi connectivity index (χ1n) is 18.7. The van der Waals surface area contributed by atoms with E-state index in [0.29, 0.717) is 40.9 Å². The van der Waals surface area contributed by atoms with E-state index in [1.54, 1.807) is 24.4 Å². The number of fused-ring (bicyclic) bond motifs is 3. The number of pyridine rings is 1. The molecule has 0 radical (unpaired) electrons. The van der Waals surface area contributed by atoms with Gasteiger partial charge in [-0.3, -0.25) is 24.4 Å². The molecule has 2 aliphatic heterocycles. The van der Waals surface area contributed by atoms with Crippen molar-refractivity contribution >= 4 is 22.7 Å². The van der Waals surface area contributed by atoms with Crippen LogP contribution in [0.5, 0.6) is 11.5 Å². The van der Waals surface area contributed by atoms with Gasteiger partial charge in [-0.25, -0.2) is 4.39 Å². The standard InChI is InChI=1S/C43H46FN5O6/c44-36-17-34(18-39(19-36)54-27-41(52)45-21-37(50)25-48-14-12-29-6-1-3-8-32(29)23-48)35-16-31-10-5-11-40(43(31)47-20-35)55-28-42(53)46-22-38(51)26-49-15-13-30-7-2-4-9-33(30)24-49/h1-11,16-20,37-38,50-51H,12-15,21-28H2,(H,45,52)(H,46,53). The van der Waals surface area contributed by atoms with Gasteiger partial charge in [0.2, 0.25) is 0 Å². The number of rotatable bonds is 15. The van der Waals surface area contributed by atoms with Crippen LogP contribution in [-0.2, 0) is 35.5 Å². The van der Waals surface area contributed by atoms with Crippen molar-refractivity contribution in [3.05, 3.63) is 125 Å². The summed E-state index contributed by atoms with van der Waals surface area (Å²) in [5.41, 5.74) is 6.84. The molecule has 12 heteroatoms. The Morgan fingerprint density at radius 2 is 1.29 bits per heavy atom. The number of carbonyl (C=O) groups is 2. The fourth-order valence-electron chi connectivity index (χ4n) is 7.22. The highest BCUT2D eigenvalue weighted by molar-refractivity contribution is 5.88. The molecule has 2 aliphatic rings. The summed E-state index contributed by atoms with van der Waals surface area (Å²) in [5.74, 6) is -0.749.